The Morgan fingerprint density at radius 3 is 2.38 bits per heavy atom. The van der Waals surface area contributed by atoms with Crippen LogP contribution in [0.4, 0.5) is 10.5 Å². The first-order valence-corrected chi connectivity index (χ1v) is 6.52. The maximum Gasteiger partial charge on any atom is 0.326 e. The number of hydrogen-bond donors (Lipinski definition) is 3. The number of anilines is 1. The minimum absolute atomic E-state index is 0.267. The first-order chi connectivity index (χ1) is 9.92. The number of carboxylic acid groups (broad SMARTS) is 1. The molecule has 0 radical (unpaired) electrons. The van der Waals surface area contributed by atoms with Crippen molar-refractivity contribution in [2.45, 2.75) is 19.4 Å². The third-order valence-corrected chi connectivity index (χ3v) is 3.03. The number of nitrogens with one attached hydrogen (secondary N) is 2. The Morgan fingerprint density at radius 2 is 1.90 bits per heavy atom. The van der Waals surface area contributed by atoms with Crippen molar-refractivity contribution in [2.24, 2.45) is 0 Å². The Morgan fingerprint density at radius 1 is 1.29 bits per heavy atom. The summed E-state index contributed by atoms with van der Waals surface area (Å²) in [5.41, 5.74) is 0.307. The molecule has 2 amide bonds. The van der Waals surface area contributed by atoms with Crippen LogP contribution in [0, 0.1) is 0 Å². The number of carbonyl (C=O) groups is 2. The lowest BCUT2D eigenvalue weighted by Gasteiger charge is -2.16. The van der Waals surface area contributed by atoms with E-state index in [-0.39, 0.29) is 6.42 Å². The zero-order chi connectivity index (χ0) is 16.0. The number of carbonyl (C=O) groups excluding carboxylic acids is 1. The van der Waals surface area contributed by atoms with Gasteiger partial charge in [0.2, 0.25) is 0 Å². The van der Waals surface area contributed by atoms with E-state index in [1.807, 2.05) is 0 Å². The molecule has 8 heteroatoms. The molecule has 0 spiro atoms. The molecule has 0 unspecified atom stereocenters. The number of carboxylic acids is 1. The minimum atomic E-state index is -1.10. The number of methoxy groups -OCH3 is 2. The van der Waals surface area contributed by atoms with Crippen molar-refractivity contribution in [2.75, 3.05) is 19.5 Å². The van der Waals surface area contributed by atoms with Gasteiger partial charge in [-0.3, -0.25) is 0 Å². The van der Waals surface area contributed by atoms with Crippen LogP contribution in [-0.2, 0) is 4.79 Å². The van der Waals surface area contributed by atoms with Crippen molar-refractivity contribution in [1.29, 1.82) is 0 Å². The topological polar surface area (TPSA) is 96.9 Å². The zero-order valence-corrected chi connectivity index (χ0v) is 12.7. The number of urea groups is 1. The van der Waals surface area contributed by atoms with E-state index in [4.69, 9.17) is 26.2 Å². The largest absolute Gasteiger partial charge is 0.495 e. The Kier molecular flexibility index (Phi) is 6.10. The first-order valence-electron chi connectivity index (χ1n) is 6.14. The molecule has 0 aliphatic rings. The molecule has 116 valence electrons. The molecule has 0 aliphatic carbocycles. The fraction of sp³-hybridized carbons (Fsp3) is 0.385. The van der Waals surface area contributed by atoms with E-state index in [0.29, 0.717) is 22.2 Å². The highest BCUT2D eigenvalue weighted by Crippen LogP contribution is 2.35. The van der Waals surface area contributed by atoms with Crippen LogP contribution in [0.5, 0.6) is 11.5 Å². The lowest BCUT2D eigenvalue weighted by Crippen LogP contribution is -2.42. The Balaban J connectivity index is 2.89. The fourth-order valence-corrected chi connectivity index (χ4v) is 1.85. The van der Waals surface area contributed by atoms with Crippen LogP contribution in [0.2, 0.25) is 5.02 Å². The van der Waals surface area contributed by atoms with E-state index in [9.17, 15) is 9.59 Å². The summed E-state index contributed by atoms with van der Waals surface area (Å²) >= 11 is 5.98. The Labute approximate surface area is 127 Å². The molecular weight excluding hydrogens is 300 g/mol. The van der Waals surface area contributed by atoms with Crippen molar-refractivity contribution in [3.63, 3.8) is 0 Å². The van der Waals surface area contributed by atoms with Gasteiger partial charge in [-0.2, -0.15) is 0 Å². The van der Waals surface area contributed by atoms with Gasteiger partial charge in [0.1, 0.15) is 17.5 Å². The number of ether oxygens (including phenoxy) is 2. The molecule has 1 aromatic carbocycles. The van der Waals surface area contributed by atoms with Crippen molar-refractivity contribution < 1.29 is 24.2 Å². The molecule has 0 saturated heterocycles. The molecule has 0 bridgehead atoms. The van der Waals surface area contributed by atoms with Crippen molar-refractivity contribution in [3.8, 4) is 11.5 Å². The highest BCUT2D eigenvalue weighted by molar-refractivity contribution is 6.32. The smallest absolute Gasteiger partial charge is 0.326 e. The summed E-state index contributed by atoms with van der Waals surface area (Å²) in [5.74, 6) is -0.362. The summed E-state index contributed by atoms with van der Waals surface area (Å²) in [6.07, 6.45) is 0.267. The second kappa shape index (κ2) is 7.58. The van der Waals surface area contributed by atoms with Gasteiger partial charge in [-0.1, -0.05) is 18.5 Å². The van der Waals surface area contributed by atoms with E-state index in [1.54, 1.807) is 6.92 Å². The van der Waals surface area contributed by atoms with Crippen molar-refractivity contribution >= 4 is 29.3 Å². The van der Waals surface area contributed by atoms with Gasteiger partial charge in [-0.25, -0.2) is 9.59 Å². The minimum Gasteiger partial charge on any atom is -0.495 e. The number of halogens is 1. The first kappa shape index (κ1) is 16.9. The number of benzene rings is 1. The second-order valence-electron chi connectivity index (χ2n) is 4.08. The molecule has 1 aromatic rings. The van der Waals surface area contributed by atoms with E-state index in [0.717, 1.165) is 0 Å². The lowest BCUT2D eigenvalue weighted by molar-refractivity contribution is -0.139. The Bertz CT molecular complexity index is 536. The third kappa shape index (κ3) is 4.42. The monoisotopic (exact) mass is 316 g/mol. The van der Waals surface area contributed by atoms with Crippen LogP contribution in [0.3, 0.4) is 0 Å². The van der Waals surface area contributed by atoms with Crippen molar-refractivity contribution in [3.05, 3.63) is 17.2 Å². The molecule has 0 aliphatic heterocycles. The number of amides is 2. The van der Waals surface area contributed by atoms with Crippen LogP contribution in [0.25, 0.3) is 0 Å². The molecular formula is C13H17ClN2O5. The van der Waals surface area contributed by atoms with Gasteiger partial charge in [0, 0.05) is 6.07 Å². The predicted octanol–water partition coefficient (Wildman–Crippen LogP) is 2.34. The summed E-state index contributed by atoms with van der Waals surface area (Å²) in [5, 5.41) is 14.0. The molecule has 21 heavy (non-hydrogen) atoms. The molecule has 7 nitrogen and oxygen atoms in total. The maximum atomic E-state index is 11.8. The average molecular weight is 317 g/mol. The number of aliphatic carboxylic acids is 1. The standard InChI is InChI=1S/C13H17ClN2O5/c1-4-8(12(17)18)15-13(19)16-9-5-7(14)10(20-2)6-11(9)21-3/h5-6,8H,4H2,1-3H3,(H,17,18)(H2,15,16,19)/t8-/m1/s1. The van der Waals surface area contributed by atoms with Gasteiger partial charge in [0.25, 0.3) is 0 Å². The molecule has 1 rings (SSSR count). The van der Waals surface area contributed by atoms with Gasteiger partial charge in [-0.15, -0.1) is 0 Å². The summed E-state index contributed by atoms with van der Waals surface area (Å²) in [6, 6.07) is 1.35. The summed E-state index contributed by atoms with van der Waals surface area (Å²) in [6.45, 7) is 1.66. The van der Waals surface area contributed by atoms with Crippen LogP contribution >= 0.6 is 11.6 Å². The highest BCUT2D eigenvalue weighted by atomic mass is 35.5. The SMILES string of the molecule is CC[C@@H](NC(=O)Nc1cc(Cl)c(OC)cc1OC)C(=O)O. The van der Waals surface area contributed by atoms with Crippen molar-refractivity contribution in [1.82, 2.24) is 5.32 Å². The molecule has 0 fully saturated rings. The maximum absolute atomic E-state index is 11.8. The van der Waals surface area contributed by atoms with Crippen LogP contribution in [0.1, 0.15) is 13.3 Å². The zero-order valence-electron chi connectivity index (χ0n) is 11.9. The molecule has 0 aromatic heterocycles. The normalized spacial score (nSPS) is 11.4. The van der Waals surface area contributed by atoms with Gasteiger partial charge in [0.05, 0.1) is 24.9 Å². The summed E-state index contributed by atoms with van der Waals surface area (Å²) in [4.78, 5) is 22.7. The number of rotatable bonds is 6. The summed E-state index contributed by atoms with van der Waals surface area (Å²) < 4.78 is 10.2. The van der Waals surface area contributed by atoms with Crippen LogP contribution < -0.4 is 20.1 Å². The quantitative estimate of drug-likeness (QED) is 0.748. The fourth-order valence-electron chi connectivity index (χ4n) is 1.61. The summed E-state index contributed by atoms with van der Waals surface area (Å²) in [7, 11) is 2.89. The van der Waals surface area contributed by atoms with Gasteiger partial charge >= 0.3 is 12.0 Å². The lowest BCUT2D eigenvalue weighted by atomic mass is 10.2. The highest BCUT2D eigenvalue weighted by Gasteiger charge is 2.19. The van der Waals surface area contributed by atoms with Gasteiger partial charge < -0.3 is 25.2 Å². The molecule has 0 saturated carbocycles. The van der Waals surface area contributed by atoms with E-state index >= 15 is 0 Å². The Hall–Kier alpha value is -2.15. The van der Waals surface area contributed by atoms with Gasteiger partial charge in [-0.05, 0) is 12.5 Å². The van der Waals surface area contributed by atoms with Crippen LogP contribution in [-0.4, -0.2) is 37.4 Å². The van der Waals surface area contributed by atoms with E-state index in [2.05, 4.69) is 10.6 Å². The average Bonchev–Trinajstić information content (AvgIpc) is 2.44. The van der Waals surface area contributed by atoms with E-state index in [1.165, 1.54) is 26.4 Å². The number of hydrogen-bond acceptors (Lipinski definition) is 4. The van der Waals surface area contributed by atoms with Gasteiger partial charge in [0.15, 0.2) is 0 Å². The van der Waals surface area contributed by atoms with E-state index < -0.39 is 18.0 Å². The molecule has 0 heterocycles. The third-order valence-electron chi connectivity index (χ3n) is 2.73. The van der Waals surface area contributed by atoms with Crippen LogP contribution in [0.15, 0.2) is 12.1 Å². The second-order valence-corrected chi connectivity index (χ2v) is 4.49. The predicted molar refractivity (Wildman–Crippen MR) is 78.4 cm³/mol. The molecule has 3 N–H and O–H groups in total. The molecule has 1 atom stereocenters.